The van der Waals surface area contributed by atoms with Gasteiger partial charge >= 0.3 is 6.18 Å². The zero-order valence-corrected chi connectivity index (χ0v) is 17.3. The Kier molecular flexibility index (Phi) is 5.84. The van der Waals surface area contributed by atoms with Gasteiger partial charge in [-0.05, 0) is 36.4 Å². The van der Waals surface area contributed by atoms with Gasteiger partial charge in [0, 0.05) is 29.1 Å². The Morgan fingerprint density at radius 1 is 0.971 bits per heavy atom. The van der Waals surface area contributed by atoms with Crippen LogP contribution in [0.5, 0.6) is 0 Å². The van der Waals surface area contributed by atoms with E-state index in [1.807, 2.05) is 0 Å². The van der Waals surface area contributed by atoms with E-state index in [4.69, 9.17) is 11.5 Å². The van der Waals surface area contributed by atoms with Crippen LogP contribution in [-0.4, -0.2) is 20.9 Å². The number of benzene rings is 1. The highest BCUT2D eigenvalue weighted by Gasteiger charge is 2.34. The molecule has 0 saturated heterocycles. The lowest BCUT2D eigenvalue weighted by molar-refractivity contribution is -0.137. The molecule has 0 spiro atoms. The molecule has 7 nitrogen and oxygen atoms in total. The fourth-order valence-electron chi connectivity index (χ4n) is 3.25. The molecular weight excluding hydrogens is 452 g/mol. The summed E-state index contributed by atoms with van der Waals surface area (Å²) in [5, 5.41) is 2.55. The Bertz CT molecular complexity index is 1390. The lowest BCUT2D eigenvalue weighted by atomic mass is 10.0. The predicted octanol–water partition coefficient (Wildman–Crippen LogP) is 4.78. The van der Waals surface area contributed by atoms with Crippen LogP contribution in [0.4, 0.5) is 34.8 Å². The number of carbonyl (C=O) groups is 1. The molecule has 11 heteroatoms. The smallest absolute Gasteiger partial charge is 0.397 e. The molecule has 3 aromatic heterocycles. The summed E-state index contributed by atoms with van der Waals surface area (Å²) in [4.78, 5) is 24.7. The van der Waals surface area contributed by atoms with Crippen molar-refractivity contribution < 1.29 is 22.4 Å². The van der Waals surface area contributed by atoms with Gasteiger partial charge in [0.05, 0.1) is 28.8 Å². The SMILES string of the molecule is Nc1ccc(-c2ccccc2F)nc1C(=O)Nc1cnccc1-c1cnc(N)c(C(F)(F)F)c1. The van der Waals surface area contributed by atoms with Gasteiger partial charge in [-0.3, -0.25) is 9.78 Å². The molecule has 1 aromatic carbocycles. The van der Waals surface area contributed by atoms with Gasteiger partial charge in [0.2, 0.25) is 0 Å². The second kappa shape index (κ2) is 8.77. The molecule has 0 radical (unpaired) electrons. The molecule has 0 atom stereocenters. The maximum atomic E-state index is 14.2. The van der Waals surface area contributed by atoms with Gasteiger partial charge in [0.1, 0.15) is 11.6 Å². The molecule has 4 rings (SSSR count). The first kappa shape index (κ1) is 22.6. The van der Waals surface area contributed by atoms with E-state index in [1.165, 1.54) is 48.8 Å². The van der Waals surface area contributed by atoms with Crippen molar-refractivity contribution in [2.75, 3.05) is 16.8 Å². The van der Waals surface area contributed by atoms with Gasteiger partial charge in [-0.15, -0.1) is 0 Å². The van der Waals surface area contributed by atoms with Crippen LogP contribution < -0.4 is 16.8 Å². The zero-order valence-electron chi connectivity index (χ0n) is 17.3. The lowest BCUT2D eigenvalue weighted by Crippen LogP contribution is -2.17. The number of hydrogen-bond donors (Lipinski definition) is 3. The van der Waals surface area contributed by atoms with E-state index in [2.05, 4.69) is 20.3 Å². The van der Waals surface area contributed by atoms with Crippen molar-refractivity contribution >= 4 is 23.1 Å². The van der Waals surface area contributed by atoms with Crippen LogP contribution in [0, 0.1) is 5.82 Å². The summed E-state index contributed by atoms with van der Waals surface area (Å²) in [6, 6.07) is 11.0. The van der Waals surface area contributed by atoms with E-state index < -0.39 is 29.3 Å². The Balaban J connectivity index is 1.70. The van der Waals surface area contributed by atoms with Crippen LogP contribution >= 0.6 is 0 Å². The van der Waals surface area contributed by atoms with Crippen LogP contribution in [0.2, 0.25) is 0 Å². The van der Waals surface area contributed by atoms with Gasteiger partial charge in [-0.2, -0.15) is 13.2 Å². The number of aromatic nitrogens is 3. The average molecular weight is 468 g/mol. The highest BCUT2D eigenvalue weighted by molar-refractivity contribution is 6.08. The number of hydrogen-bond acceptors (Lipinski definition) is 6. The molecule has 1 amide bonds. The fraction of sp³-hybridized carbons (Fsp3) is 0.0435. The fourth-order valence-corrected chi connectivity index (χ4v) is 3.25. The summed E-state index contributed by atoms with van der Waals surface area (Å²) in [7, 11) is 0. The highest BCUT2D eigenvalue weighted by atomic mass is 19.4. The number of nitrogens with zero attached hydrogens (tertiary/aromatic N) is 3. The molecule has 0 fully saturated rings. The van der Waals surface area contributed by atoms with E-state index >= 15 is 0 Å². The van der Waals surface area contributed by atoms with E-state index in [1.54, 1.807) is 6.07 Å². The minimum absolute atomic E-state index is 0.0246. The molecule has 0 saturated carbocycles. The lowest BCUT2D eigenvalue weighted by Gasteiger charge is -2.14. The van der Waals surface area contributed by atoms with Crippen molar-refractivity contribution in [1.29, 1.82) is 0 Å². The van der Waals surface area contributed by atoms with Crippen molar-refractivity contribution in [2.45, 2.75) is 6.18 Å². The van der Waals surface area contributed by atoms with Crippen molar-refractivity contribution in [2.24, 2.45) is 0 Å². The van der Waals surface area contributed by atoms with E-state index in [0.29, 0.717) is 0 Å². The molecule has 172 valence electrons. The van der Waals surface area contributed by atoms with Gasteiger partial charge < -0.3 is 16.8 Å². The Labute approximate surface area is 190 Å². The normalized spacial score (nSPS) is 11.3. The largest absolute Gasteiger partial charge is 0.419 e. The maximum Gasteiger partial charge on any atom is 0.419 e. The standard InChI is InChI=1S/C23H16F4N6O/c24-16-4-2-1-3-14(16)18-6-5-17(28)20(32-18)22(34)33-19-11-30-8-7-13(19)12-9-15(23(25,26)27)21(29)31-10-12/h1-11H,28H2,(H2,29,31)(H,33,34). The number of anilines is 3. The number of pyridine rings is 3. The van der Waals surface area contributed by atoms with Gasteiger partial charge in [0.25, 0.3) is 5.91 Å². The molecule has 4 aromatic rings. The first-order valence-electron chi connectivity index (χ1n) is 9.75. The van der Waals surface area contributed by atoms with E-state index in [0.717, 1.165) is 12.3 Å². The first-order chi connectivity index (χ1) is 16.1. The Hall–Kier alpha value is -4.54. The van der Waals surface area contributed by atoms with E-state index in [9.17, 15) is 22.4 Å². The minimum Gasteiger partial charge on any atom is -0.397 e. The third-order valence-electron chi connectivity index (χ3n) is 4.90. The van der Waals surface area contributed by atoms with Crippen molar-refractivity contribution in [3.63, 3.8) is 0 Å². The van der Waals surface area contributed by atoms with Crippen molar-refractivity contribution in [3.05, 3.63) is 84.2 Å². The summed E-state index contributed by atoms with van der Waals surface area (Å²) in [6.45, 7) is 0. The van der Waals surface area contributed by atoms with E-state index in [-0.39, 0.29) is 39.5 Å². The number of halogens is 4. The predicted molar refractivity (Wildman–Crippen MR) is 119 cm³/mol. The molecule has 3 heterocycles. The third-order valence-corrected chi connectivity index (χ3v) is 4.90. The van der Waals surface area contributed by atoms with Crippen LogP contribution in [-0.2, 0) is 6.18 Å². The average Bonchev–Trinajstić information content (AvgIpc) is 2.80. The Morgan fingerprint density at radius 2 is 1.74 bits per heavy atom. The monoisotopic (exact) mass is 468 g/mol. The maximum absolute atomic E-state index is 14.2. The Morgan fingerprint density at radius 3 is 2.47 bits per heavy atom. The number of nitrogen functional groups attached to an aromatic ring is 2. The zero-order chi connectivity index (χ0) is 24.5. The number of amides is 1. The van der Waals surface area contributed by atoms with Crippen LogP contribution in [0.15, 0.2) is 67.1 Å². The van der Waals surface area contributed by atoms with Crippen LogP contribution in [0.3, 0.4) is 0 Å². The second-order valence-corrected chi connectivity index (χ2v) is 7.14. The molecule has 0 bridgehead atoms. The number of alkyl halides is 3. The van der Waals surface area contributed by atoms with Gasteiger partial charge in [-0.1, -0.05) is 12.1 Å². The number of nitrogens with one attached hydrogen (secondary N) is 1. The topological polar surface area (TPSA) is 120 Å². The summed E-state index contributed by atoms with van der Waals surface area (Å²) in [5.41, 5.74) is 10.7. The van der Waals surface area contributed by atoms with Gasteiger partial charge in [-0.25, -0.2) is 14.4 Å². The quantitative estimate of drug-likeness (QED) is 0.371. The third kappa shape index (κ3) is 4.49. The van der Waals surface area contributed by atoms with Crippen LogP contribution in [0.1, 0.15) is 16.1 Å². The summed E-state index contributed by atoms with van der Waals surface area (Å²) in [6.07, 6.45) is -0.955. The van der Waals surface area contributed by atoms with Crippen molar-refractivity contribution in [1.82, 2.24) is 15.0 Å². The molecular formula is C23H16F4N6O. The van der Waals surface area contributed by atoms with Crippen molar-refractivity contribution in [3.8, 4) is 22.4 Å². The molecule has 34 heavy (non-hydrogen) atoms. The molecule has 0 aliphatic heterocycles. The van der Waals surface area contributed by atoms with Gasteiger partial charge in [0.15, 0.2) is 5.69 Å². The minimum atomic E-state index is -4.71. The molecule has 5 N–H and O–H groups in total. The highest BCUT2D eigenvalue weighted by Crippen LogP contribution is 2.36. The summed E-state index contributed by atoms with van der Waals surface area (Å²) >= 11 is 0. The number of nitrogens with two attached hydrogens (primary N) is 2. The number of rotatable bonds is 4. The number of carbonyl (C=O) groups excluding carboxylic acids is 1. The summed E-state index contributed by atoms with van der Waals surface area (Å²) in [5.74, 6) is -1.96. The molecule has 0 unspecified atom stereocenters. The summed E-state index contributed by atoms with van der Waals surface area (Å²) < 4.78 is 54.0. The molecule has 0 aliphatic rings. The molecule has 0 aliphatic carbocycles. The van der Waals surface area contributed by atoms with Crippen LogP contribution in [0.25, 0.3) is 22.4 Å². The second-order valence-electron chi connectivity index (χ2n) is 7.14. The first-order valence-corrected chi connectivity index (χ1v) is 9.75.